The maximum Gasteiger partial charge on any atom is 0.318 e. The highest BCUT2D eigenvalue weighted by molar-refractivity contribution is 5.87. The average Bonchev–Trinajstić information content (AvgIpc) is 2.96. The van der Waals surface area contributed by atoms with E-state index in [0.29, 0.717) is 37.7 Å². The third-order valence-electron chi connectivity index (χ3n) is 7.33. The Morgan fingerprint density at radius 2 is 1.69 bits per heavy atom. The van der Waals surface area contributed by atoms with Gasteiger partial charge in [0.25, 0.3) is 5.69 Å². The highest BCUT2D eigenvalue weighted by Crippen LogP contribution is 2.21. The van der Waals surface area contributed by atoms with Crippen LogP contribution in [0.4, 0.5) is 10.5 Å². The van der Waals surface area contributed by atoms with Crippen molar-refractivity contribution in [1.82, 2.24) is 20.4 Å². The Balaban J connectivity index is 1.64. The Bertz CT molecular complexity index is 1040. The topological polar surface area (TPSA) is 128 Å². The van der Waals surface area contributed by atoms with Gasteiger partial charge in [0.15, 0.2) is 0 Å². The van der Waals surface area contributed by atoms with Crippen LogP contribution < -0.4 is 10.6 Å². The van der Waals surface area contributed by atoms with E-state index < -0.39 is 17.0 Å². The van der Waals surface area contributed by atoms with Gasteiger partial charge in [0.1, 0.15) is 6.04 Å². The van der Waals surface area contributed by atoms with Crippen LogP contribution in [0.5, 0.6) is 0 Å². The summed E-state index contributed by atoms with van der Waals surface area (Å²) < 4.78 is 0. The minimum atomic E-state index is -0.878. The van der Waals surface area contributed by atoms with Gasteiger partial charge < -0.3 is 25.5 Å². The summed E-state index contributed by atoms with van der Waals surface area (Å²) in [5.41, 5.74) is 1.72. The molecule has 0 spiro atoms. The van der Waals surface area contributed by atoms with E-state index in [0.717, 1.165) is 5.56 Å². The zero-order valence-electron chi connectivity index (χ0n) is 22.8. The SMILES string of the molecule is CN(CCNC(=O)[C@H](Cc1ccc([N+](=O)[O-])cc1)NC(=O)N(CCO)CCc1ccccc1)C1CCCCC1. The van der Waals surface area contributed by atoms with Crippen molar-refractivity contribution in [3.8, 4) is 0 Å². The van der Waals surface area contributed by atoms with Crippen LogP contribution in [0.3, 0.4) is 0 Å². The molecule has 0 bridgehead atoms. The highest BCUT2D eigenvalue weighted by atomic mass is 16.6. The van der Waals surface area contributed by atoms with E-state index in [1.165, 1.54) is 49.1 Å². The van der Waals surface area contributed by atoms with Crippen LogP contribution in [0.1, 0.15) is 43.2 Å². The lowest BCUT2D eigenvalue weighted by atomic mass is 9.94. The molecule has 2 aromatic carbocycles. The molecule has 0 aliphatic heterocycles. The number of amides is 3. The number of nitrogens with one attached hydrogen (secondary N) is 2. The van der Waals surface area contributed by atoms with Crippen LogP contribution in [0.15, 0.2) is 54.6 Å². The van der Waals surface area contributed by atoms with E-state index >= 15 is 0 Å². The quantitative estimate of drug-likeness (QED) is 0.250. The molecule has 3 amide bonds. The zero-order valence-corrected chi connectivity index (χ0v) is 22.8. The number of carbonyl (C=O) groups excluding carboxylic acids is 2. The molecule has 1 fully saturated rings. The monoisotopic (exact) mass is 539 g/mol. The average molecular weight is 540 g/mol. The van der Waals surface area contributed by atoms with Crippen molar-refractivity contribution in [2.75, 3.05) is 39.8 Å². The number of carbonyl (C=O) groups is 2. The molecule has 10 heteroatoms. The highest BCUT2D eigenvalue weighted by Gasteiger charge is 2.25. The first kappa shape index (κ1) is 30.0. The van der Waals surface area contributed by atoms with E-state index in [1.807, 2.05) is 30.3 Å². The fourth-order valence-electron chi connectivity index (χ4n) is 4.97. The molecular weight excluding hydrogens is 498 g/mol. The third-order valence-corrected chi connectivity index (χ3v) is 7.33. The van der Waals surface area contributed by atoms with E-state index in [1.54, 1.807) is 12.1 Å². The Kier molecular flexibility index (Phi) is 12.2. The van der Waals surface area contributed by atoms with Crippen LogP contribution in [-0.2, 0) is 17.6 Å². The van der Waals surface area contributed by atoms with E-state index in [2.05, 4.69) is 22.6 Å². The summed E-state index contributed by atoms with van der Waals surface area (Å²) in [4.78, 5) is 40.8. The van der Waals surface area contributed by atoms with Gasteiger partial charge in [-0.15, -0.1) is 0 Å². The number of nitro groups is 1. The van der Waals surface area contributed by atoms with E-state index in [4.69, 9.17) is 0 Å². The first-order valence-electron chi connectivity index (χ1n) is 13.8. The number of aliphatic hydroxyl groups excluding tert-OH is 1. The second-order valence-electron chi connectivity index (χ2n) is 10.1. The van der Waals surface area contributed by atoms with Gasteiger partial charge in [-0.05, 0) is 37.4 Å². The summed E-state index contributed by atoms with van der Waals surface area (Å²) in [7, 11) is 2.08. The molecule has 1 aliphatic carbocycles. The number of likely N-dealkylation sites (N-methyl/N-ethyl adjacent to an activating group) is 1. The summed E-state index contributed by atoms with van der Waals surface area (Å²) in [5, 5.41) is 26.4. The van der Waals surface area contributed by atoms with Crippen LogP contribution in [-0.4, -0.2) is 83.7 Å². The van der Waals surface area contributed by atoms with Gasteiger partial charge in [-0.1, -0.05) is 61.7 Å². The molecule has 0 radical (unpaired) electrons. The maximum atomic E-state index is 13.3. The number of benzene rings is 2. The van der Waals surface area contributed by atoms with Gasteiger partial charge in [-0.3, -0.25) is 14.9 Å². The number of nitrogens with zero attached hydrogens (tertiary/aromatic N) is 3. The largest absolute Gasteiger partial charge is 0.395 e. The molecule has 0 heterocycles. The summed E-state index contributed by atoms with van der Waals surface area (Å²) in [6.45, 7) is 1.48. The number of nitro benzene ring substituents is 1. The molecule has 0 aromatic heterocycles. The summed E-state index contributed by atoms with van der Waals surface area (Å²) in [6.07, 6.45) is 6.89. The smallest absolute Gasteiger partial charge is 0.318 e. The lowest BCUT2D eigenvalue weighted by molar-refractivity contribution is -0.384. The molecule has 1 saturated carbocycles. The Hall–Kier alpha value is -3.50. The zero-order chi connectivity index (χ0) is 28.0. The number of rotatable bonds is 14. The standard InChI is InChI=1S/C29H41N5O5/c1-32(25-10-6-3-7-11-25)19-17-30-28(36)27(22-24-12-14-26(15-13-24)34(38)39)31-29(37)33(20-21-35)18-16-23-8-4-2-5-9-23/h2,4-5,8-9,12-15,25,27,35H,3,6-7,10-11,16-22H2,1H3,(H,30,36)(H,31,37)/t27-/m0/s1. The number of hydrogen-bond acceptors (Lipinski definition) is 6. The molecule has 3 rings (SSSR count). The van der Waals surface area contributed by atoms with E-state index in [9.17, 15) is 24.8 Å². The lowest BCUT2D eigenvalue weighted by Gasteiger charge is -2.31. The van der Waals surface area contributed by atoms with Crippen molar-refractivity contribution >= 4 is 17.6 Å². The minimum absolute atomic E-state index is 0.0374. The normalized spacial score (nSPS) is 14.5. The predicted molar refractivity (Wildman–Crippen MR) is 150 cm³/mol. The molecule has 3 N–H and O–H groups in total. The van der Waals surface area contributed by atoms with Gasteiger partial charge >= 0.3 is 6.03 Å². The summed E-state index contributed by atoms with van der Waals surface area (Å²) in [5.74, 6) is -0.314. The Morgan fingerprint density at radius 3 is 2.33 bits per heavy atom. The second kappa shape index (κ2) is 15.8. The molecule has 1 aliphatic rings. The van der Waals surface area contributed by atoms with Crippen LogP contribution in [0, 0.1) is 10.1 Å². The fraction of sp³-hybridized carbons (Fsp3) is 0.517. The summed E-state index contributed by atoms with van der Waals surface area (Å²) in [6, 6.07) is 14.9. The first-order chi connectivity index (χ1) is 18.9. The molecule has 2 aromatic rings. The van der Waals surface area contributed by atoms with Crippen molar-refractivity contribution in [3.05, 3.63) is 75.8 Å². The van der Waals surface area contributed by atoms with E-state index in [-0.39, 0.29) is 31.2 Å². The molecule has 39 heavy (non-hydrogen) atoms. The summed E-state index contributed by atoms with van der Waals surface area (Å²) >= 11 is 0. The van der Waals surface area contributed by atoms with Crippen molar-refractivity contribution in [2.45, 2.75) is 57.0 Å². The van der Waals surface area contributed by atoms with Gasteiger partial charge in [-0.2, -0.15) is 0 Å². The van der Waals surface area contributed by atoms with Gasteiger partial charge in [0.2, 0.25) is 5.91 Å². The Labute approximate surface area is 230 Å². The predicted octanol–water partition coefficient (Wildman–Crippen LogP) is 3.13. The molecule has 0 unspecified atom stereocenters. The number of non-ortho nitro benzene ring substituents is 1. The van der Waals surface area contributed by atoms with Crippen LogP contribution in [0.25, 0.3) is 0 Å². The fourth-order valence-corrected chi connectivity index (χ4v) is 4.97. The lowest BCUT2D eigenvalue weighted by Crippen LogP contribution is -2.53. The van der Waals surface area contributed by atoms with Crippen LogP contribution in [0.2, 0.25) is 0 Å². The van der Waals surface area contributed by atoms with Gasteiger partial charge in [0, 0.05) is 50.8 Å². The third kappa shape index (κ3) is 9.96. The van der Waals surface area contributed by atoms with Crippen molar-refractivity contribution in [2.24, 2.45) is 0 Å². The van der Waals surface area contributed by atoms with Crippen molar-refractivity contribution in [3.63, 3.8) is 0 Å². The maximum absolute atomic E-state index is 13.3. The first-order valence-corrected chi connectivity index (χ1v) is 13.8. The number of hydrogen-bond donors (Lipinski definition) is 3. The van der Waals surface area contributed by atoms with Crippen molar-refractivity contribution in [1.29, 1.82) is 0 Å². The molecule has 212 valence electrons. The van der Waals surface area contributed by atoms with Gasteiger partial charge in [0.05, 0.1) is 11.5 Å². The Morgan fingerprint density at radius 1 is 1.00 bits per heavy atom. The van der Waals surface area contributed by atoms with Crippen molar-refractivity contribution < 1.29 is 19.6 Å². The molecule has 0 saturated heterocycles. The molecule has 1 atom stereocenters. The molecular formula is C29H41N5O5. The minimum Gasteiger partial charge on any atom is -0.395 e. The second-order valence-corrected chi connectivity index (χ2v) is 10.1. The number of urea groups is 1. The van der Waals surface area contributed by atoms with Crippen LogP contribution >= 0.6 is 0 Å². The van der Waals surface area contributed by atoms with Gasteiger partial charge in [-0.25, -0.2) is 4.79 Å². The number of aliphatic hydroxyl groups is 1. The molecule has 10 nitrogen and oxygen atoms in total.